The van der Waals surface area contributed by atoms with Crippen molar-refractivity contribution in [3.05, 3.63) is 20.8 Å². The van der Waals surface area contributed by atoms with E-state index in [1.54, 1.807) is 6.92 Å². The van der Waals surface area contributed by atoms with Gasteiger partial charge in [0.25, 0.3) is 0 Å². The fourth-order valence-electron chi connectivity index (χ4n) is 0.428. The van der Waals surface area contributed by atoms with Crippen LogP contribution >= 0.6 is 0 Å². The molecule has 0 spiro atoms. The predicted octanol–water partition coefficient (Wildman–Crippen LogP) is 1.81. The van der Waals surface area contributed by atoms with E-state index in [0.717, 1.165) is 19.6 Å². The molecule has 0 N–H and O–H groups in total. The van der Waals surface area contributed by atoms with E-state index >= 15 is 0 Å². The van der Waals surface area contributed by atoms with Crippen molar-refractivity contribution < 1.29 is 32.7 Å². The van der Waals surface area contributed by atoms with Gasteiger partial charge in [-0.05, 0) is 6.54 Å². The van der Waals surface area contributed by atoms with Gasteiger partial charge in [-0.15, -0.1) is 13.1 Å². The number of rotatable bonds is 3. The van der Waals surface area contributed by atoms with Gasteiger partial charge >= 0.3 is 32.7 Å². The van der Waals surface area contributed by atoms with E-state index in [9.17, 15) is 0 Å². The molecule has 0 heterocycles. The first-order valence-corrected chi connectivity index (χ1v) is 3.36. The molecule has 58 valence electrons. The number of hydrogen-bond donors (Lipinski definition) is 0. The molecule has 1 nitrogen and oxygen atoms in total. The van der Waals surface area contributed by atoms with Gasteiger partial charge in [-0.2, -0.15) is 6.92 Å². The average molecular weight is 217 g/mol. The van der Waals surface area contributed by atoms with Crippen LogP contribution in [0.25, 0.3) is 0 Å². The van der Waals surface area contributed by atoms with E-state index < -0.39 is 0 Å². The van der Waals surface area contributed by atoms with Crippen LogP contribution < -0.4 is 0 Å². The summed E-state index contributed by atoms with van der Waals surface area (Å²) in [6.45, 7) is 17.3. The second-order valence-electron chi connectivity index (χ2n) is 1.43. The quantitative estimate of drug-likeness (QED) is 0.652. The SMILES string of the molecule is [CH2-]C.[CH2-]CN(C[CH2-])CC.[Y+3]. The van der Waals surface area contributed by atoms with Crippen molar-refractivity contribution >= 4 is 0 Å². The third-order valence-corrected chi connectivity index (χ3v) is 1.08. The Hall–Kier alpha value is 1.06. The molecule has 0 rings (SSSR count). The predicted molar refractivity (Wildman–Crippen MR) is 43.9 cm³/mol. The normalized spacial score (nSPS) is 7.80. The Morgan fingerprint density at radius 1 is 1.10 bits per heavy atom. The fraction of sp³-hybridized carbons (Fsp3) is 0.625. The van der Waals surface area contributed by atoms with Gasteiger partial charge in [0.15, 0.2) is 0 Å². The Morgan fingerprint density at radius 2 is 1.40 bits per heavy atom. The summed E-state index contributed by atoms with van der Waals surface area (Å²) in [6.07, 6.45) is 0. The van der Waals surface area contributed by atoms with Crippen LogP contribution in [0.3, 0.4) is 0 Å². The summed E-state index contributed by atoms with van der Waals surface area (Å²) in [5.74, 6) is 0. The monoisotopic (exact) mass is 217 g/mol. The van der Waals surface area contributed by atoms with Crippen LogP contribution in [0, 0.1) is 20.8 Å². The fourth-order valence-corrected chi connectivity index (χ4v) is 0.428. The van der Waals surface area contributed by atoms with Crippen molar-refractivity contribution in [2.24, 2.45) is 0 Å². The molecule has 0 aromatic heterocycles. The molecule has 0 unspecified atom stereocenters. The van der Waals surface area contributed by atoms with Crippen LogP contribution in [0.4, 0.5) is 0 Å². The minimum atomic E-state index is 0. The summed E-state index contributed by atoms with van der Waals surface area (Å²) in [5, 5.41) is 0. The van der Waals surface area contributed by atoms with Gasteiger partial charge in [0, 0.05) is 0 Å². The minimum Gasteiger partial charge on any atom is -0.363 e. The van der Waals surface area contributed by atoms with E-state index in [1.165, 1.54) is 0 Å². The van der Waals surface area contributed by atoms with E-state index in [1.807, 2.05) is 0 Å². The van der Waals surface area contributed by atoms with E-state index in [2.05, 4.69) is 32.6 Å². The van der Waals surface area contributed by atoms with Gasteiger partial charge in [-0.3, -0.25) is 0 Å². The van der Waals surface area contributed by atoms with Gasteiger partial charge in [0.1, 0.15) is 0 Å². The Labute approximate surface area is 91.4 Å². The zero-order valence-corrected chi connectivity index (χ0v) is 10.1. The molecule has 0 fully saturated rings. The topological polar surface area (TPSA) is 3.24 Å². The molecule has 0 radical (unpaired) electrons. The van der Waals surface area contributed by atoms with Crippen LogP contribution in [0.2, 0.25) is 0 Å². The van der Waals surface area contributed by atoms with Gasteiger partial charge in [0.2, 0.25) is 0 Å². The zero-order valence-electron chi connectivity index (χ0n) is 7.27. The molecule has 0 aliphatic rings. The zero-order chi connectivity index (χ0) is 7.70. The molecular formula is C8H18NY. The molecule has 0 aliphatic carbocycles. The van der Waals surface area contributed by atoms with Crippen LogP contribution in [0.5, 0.6) is 0 Å². The third kappa shape index (κ3) is 11.8. The maximum atomic E-state index is 3.71. The van der Waals surface area contributed by atoms with Crippen LogP contribution in [-0.4, -0.2) is 24.5 Å². The van der Waals surface area contributed by atoms with Crippen LogP contribution in [0.15, 0.2) is 0 Å². The van der Waals surface area contributed by atoms with Crippen LogP contribution in [-0.2, 0) is 32.7 Å². The van der Waals surface area contributed by atoms with Crippen molar-refractivity contribution in [3.63, 3.8) is 0 Å². The van der Waals surface area contributed by atoms with Crippen molar-refractivity contribution in [3.8, 4) is 0 Å². The maximum Gasteiger partial charge on any atom is 3.00 e. The molecule has 10 heavy (non-hydrogen) atoms. The van der Waals surface area contributed by atoms with Gasteiger partial charge in [0.05, 0.1) is 0 Å². The molecule has 0 saturated heterocycles. The standard InChI is InChI=1S/C6H13N.C2H5.Y/c1-4-7(5-2)6-3;1-2;/h1-2,4-6H2,3H3;1H2,2H3;/q-2;-1;+3. The molecule has 0 amide bonds. The third-order valence-electron chi connectivity index (χ3n) is 1.08. The summed E-state index contributed by atoms with van der Waals surface area (Å²) in [4.78, 5) is 2.15. The Morgan fingerprint density at radius 3 is 1.40 bits per heavy atom. The van der Waals surface area contributed by atoms with Gasteiger partial charge in [-0.1, -0.05) is 6.92 Å². The Balaban J connectivity index is -0.000000149. The summed E-state index contributed by atoms with van der Waals surface area (Å²) in [6, 6.07) is 0. The minimum absolute atomic E-state index is 0. The van der Waals surface area contributed by atoms with Crippen molar-refractivity contribution in [2.45, 2.75) is 13.8 Å². The summed E-state index contributed by atoms with van der Waals surface area (Å²) in [5.41, 5.74) is 0. The first kappa shape index (κ1) is 17.2. The van der Waals surface area contributed by atoms with Gasteiger partial charge < -0.3 is 25.7 Å². The second-order valence-corrected chi connectivity index (χ2v) is 1.43. The van der Waals surface area contributed by atoms with Crippen molar-refractivity contribution in [1.82, 2.24) is 4.90 Å². The molecule has 2 heteroatoms. The van der Waals surface area contributed by atoms with Gasteiger partial charge in [-0.25, -0.2) is 0 Å². The second kappa shape index (κ2) is 16.6. The molecule has 0 saturated carbocycles. The molecule has 0 aromatic carbocycles. The van der Waals surface area contributed by atoms with Crippen molar-refractivity contribution in [2.75, 3.05) is 19.6 Å². The molecule has 0 atom stereocenters. The molecule has 0 aliphatic heterocycles. The van der Waals surface area contributed by atoms with E-state index in [-0.39, 0.29) is 32.7 Å². The largest absolute Gasteiger partial charge is 3.00 e. The molecule has 0 bridgehead atoms. The first-order valence-electron chi connectivity index (χ1n) is 3.36. The van der Waals surface area contributed by atoms with E-state index in [4.69, 9.17) is 0 Å². The number of hydrogen-bond acceptors (Lipinski definition) is 1. The molecular weight excluding hydrogens is 199 g/mol. The summed E-state index contributed by atoms with van der Waals surface area (Å²) >= 11 is 0. The Kier molecular flexibility index (Phi) is 28.6. The molecule has 0 aromatic rings. The first-order chi connectivity index (χ1) is 4.35. The summed E-state index contributed by atoms with van der Waals surface area (Å²) < 4.78 is 0. The average Bonchev–Trinajstić information content (AvgIpc) is 1.96. The smallest absolute Gasteiger partial charge is 0.363 e. The number of nitrogens with zero attached hydrogens (tertiary/aromatic N) is 1. The van der Waals surface area contributed by atoms with E-state index in [0.29, 0.717) is 0 Å². The van der Waals surface area contributed by atoms with Crippen molar-refractivity contribution in [1.29, 1.82) is 0 Å². The Bertz CT molecular complexity index is 30.7. The van der Waals surface area contributed by atoms with Crippen LogP contribution in [0.1, 0.15) is 13.8 Å². The maximum absolute atomic E-state index is 3.71. The summed E-state index contributed by atoms with van der Waals surface area (Å²) in [7, 11) is 0.